The van der Waals surface area contributed by atoms with Gasteiger partial charge in [0.15, 0.2) is 0 Å². The Bertz CT molecular complexity index is 1030. The highest BCUT2D eigenvalue weighted by Gasteiger charge is 2.24. The van der Waals surface area contributed by atoms with Gasteiger partial charge in [-0.3, -0.25) is 0 Å². The normalized spacial score (nSPS) is 12.1. The van der Waals surface area contributed by atoms with Gasteiger partial charge in [0.1, 0.15) is 17.2 Å². The van der Waals surface area contributed by atoms with Crippen molar-refractivity contribution < 1.29 is 9.84 Å². The Balaban J connectivity index is 2.11. The van der Waals surface area contributed by atoms with Gasteiger partial charge in [-0.05, 0) is 17.3 Å². The van der Waals surface area contributed by atoms with Crippen LogP contribution in [0.3, 0.4) is 0 Å². The molecule has 29 heavy (non-hydrogen) atoms. The number of aromatic hydroxyl groups is 1. The zero-order valence-corrected chi connectivity index (χ0v) is 21.4. The Hall–Kier alpha value is -1.88. The summed E-state index contributed by atoms with van der Waals surface area (Å²) in [6, 6.07) is 20.5. The van der Waals surface area contributed by atoms with E-state index in [1.807, 2.05) is 42.5 Å². The largest absolute Gasteiger partial charge is 0.507 e. The molecule has 0 saturated carbocycles. The first-order chi connectivity index (χ1) is 13.5. The fourth-order valence-corrected chi connectivity index (χ4v) is 6.33. The molecule has 5 heteroatoms. The van der Waals surface area contributed by atoms with Crippen molar-refractivity contribution in [3.63, 3.8) is 0 Å². The quantitative estimate of drug-likeness (QED) is 0.424. The molecule has 3 aromatic carbocycles. The van der Waals surface area contributed by atoms with Crippen molar-refractivity contribution in [3.8, 4) is 28.4 Å². The van der Waals surface area contributed by atoms with E-state index in [1.165, 1.54) is 5.19 Å². The Labute approximate surface area is 179 Å². The second-order valence-electron chi connectivity index (χ2n) is 9.56. The number of hydrogen-bond acceptors (Lipinski definition) is 2. The van der Waals surface area contributed by atoms with Gasteiger partial charge in [-0.15, -0.1) is 9.24 Å². The number of benzene rings is 3. The first kappa shape index (κ1) is 21.8. The summed E-state index contributed by atoms with van der Waals surface area (Å²) >= 11 is 0. The lowest BCUT2D eigenvalue weighted by Gasteiger charge is -2.22. The minimum absolute atomic E-state index is 0.378. The van der Waals surface area contributed by atoms with E-state index in [4.69, 9.17) is 4.74 Å². The zero-order valence-electron chi connectivity index (χ0n) is 18.2. The molecule has 3 aromatic rings. The molecule has 0 bridgehead atoms. The predicted octanol–water partition coefficient (Wildman–Crippen LogP) is 5.44. The fraction of sp³-hybridized carbons (Fsp3) is 0.250. The van der Waals surface area contributed by atoms with E-state index >= 15 is 0 Å². The van der Waals surface area contributed by atoms with E-state index < -0.39 is 16.1 Å². The average Bonchev–Trinajstić information content (AvgIpc) is 2.62. The lowest BCUT2D eigenvalue weighted by Crippen LogP contribution is -2.37. The van der Waals surface area contributed by atoms with Crippen LogP contribution in [0.25, 0.3) is 11.1 Å². The summed E-state index contributed by atoms with van der Waals surface area (Å²) in [4.78, 5) is 0. The van der Waals surface area contributed by atoms with E-state index in [0.29, 0.717) is 5.75 Å². The molecule has 0 radical (unpaired) electrons. The first-order valence-electron chi connectivity index (χ1n) is 9.98. The topological polar surface area (TPSA) is 29.5 Å². The molecule has 0 aliphatic heterocycles. The van der Waals surface area contributed by atoms with Gasteiger partial charge in [0.05, 0.1) is 16.1 Å². The fourth-order valence-electron chi connectivity index (χ4n) is 3.39. The van der Waals surface area contributed by atoms with Gasteiger partial charge in [-0.2, -0.15) is 0 Å². The molecular formula is C24H31O2PSi2. The number of rotatable bonds is 5. The van der Waals surface area contributed by atoms with Crippen LogP contribution in [0.1, 0.15) is 0 Å². The number of phenols is 1. The highest BCUT2D eigenvalue weighted by molar-refractivity contribution is 7.27. The first-order valence-corrected chi connectivity index (χ1v) is 17.6. The third-order valence-corrected chi connectivity index (χ3v) is 9.62. The van der Waals surface area contributed by atoms with Gasteiger partial charge >= 0.3 is 0 Å². The minimum Gasteiger partial charge on any atom is -0.507 e. The van der Waals surface area contributed by atoms with Crippen LogP contribution < -0.4 is 20.4 Å². The number of para-hydroxylation sites is 2. The van der Waals surface area contributed by atoms with Gasteiger partial charge in [0.2, 0.25) is 0 Å². The molecule has 0 aliphatic rings. The highest BCUT2D eigenvalue weighted by Crippen LogP contribution is 2.37. The lowest BCUT2D eigenvalue weighted by molar-refractivity contribution is 0.476. The van der Waals surface area contributed by atoms with Crippen molar-refractivity contribution in [1.82, 2.24) is 0 Å². The molecule has 1 N–H and O–H groups in total. The Morgan fingerprint density at radius 2 is 1.38 bits per heavy atom. The van der Waals surface area contributed by atoms with E-state index in [0.717, 1.165) is 33.1 Å². The van der Waals surface area contributed by atoms with Crippen LogP contribution >= 0.6 is 9.24 Å². The summed E-state index contributed by atoms with van der Waals surface area (Å²) in [6.45, 7) is 13.7. The summed E-state index contributed by atoms with van der Waals surface area (Å²) in [5, 5.41) is 14.5. The Morgan fingerprint density at radius 1 is 0.759 bits per heavy atom. The van der Waals surface area contributed by atoms with Crippen molar-refractivity contribution in [2.24, 2.45) is 0 Å². The highest BCUT2D eigenvalue weighted by atomic mass is 31.0. The van der Waals surface area contributed by atoms with Gasteiger partial charge in [-0.25, -0.2) is 0 Å². The van der Waals surface area contributed by atoms with Crippen molar-refractivity contribution >= 4 is 41.1 Å². The van der Waals surface area contributed by atoms with Crippen LogP contribution in [0.4, 0.5) is 0 Å². The molecule has 152 valence electrons. The molecule has 3 rings (SSSR count). The molecule has 0 amide bonds. The number of hydrogen-bond donors (Lipinski definition) is 1. The van der Waals surface area contributed by atoms with E-state index in [1.54, 1.807) is 0 Å². The molecule has 0 saturated heterocycles. The van der Waals surface area contributed by atoms with Crippen molar-refractivity contribution in [1.29, 1.82) is 0 Å². The van der Waals surface area contributed by atoms with E-state index in [9.17, 15) is 5.11 Å². The lowest BCUT2D eigenvalue weighted by atomic mass is 10.0. The monoisotopic (exact) mass is 438 g/mol. The predicted molar refractivity (Wildman–Crippen MR) is 135 cm³/mol. The summed E-state index contributed by atoms with van der Waals surface area (Å²) in [6.07, 6.45) is 0. The van der Waals surface area contributed by atoms with Crippen molar-refractivity contribution in [3.05, 3.63) is 60.7 Å². The summed E-state index contributed by atoms with van der Waals surface area (Å²) in [5.41, 5.74) is 1.74. The van der Waals surface area contributed by atoms with E-state index in [-0.39, 0.29) is 0 Å². The molecule has 2 nitrogen and oxygen atoms in total. The molecular weight excluding hydrogens is 407 g/mol. The molecule has 0 aliphatic carbocycles. The minimum atomic E-state index is -1.67. The average molecular weight is 439 g/mol. The van der Waals surface area contributed by atoms with Crippen LogP contribution in [0, 0.1) is 0 Å². The molecule has 0 spiro atoms. The van der Waals surface area contributed by atoms with Gasteiger partial charge < -0.3 is 9.84 Å². The van der Waals surface area contributed by atoms with Crippen LogP contribution in [0.5, 0.6) is 17.2 Å². The Kier molecular flexibility index (Phi) is 6.09. The van der Waals surface area contributed by atoms with Gasteiger partial charge in [0.25, 0.3) is 0 Å². The maximum Gasteiger partial charge on any atom is 0.142 e. The van der Waals surface area contributed by atoms with Crippen molar-refractivity contribution in [2.75, 3.05) is 0 Å². The van der Waals surface area contributed by atoms with Crippen LogP contribution in [0.2, 0.25) is 39.3 Å². The smallest absolute Gasteiger partial charge is 0.142 e. The summed E-state index contributed by atoms with van der Waals surface area (Å²) in [7, 11) is -0.332. The number of ether oxygens (including phenoxy) is 1. The third kappa shape index (κ3) is 4.83. The van der Waals surface area contributed by atoms with Crippen LogP contribution in [-0.4, -0.2) is 21.3 Å². The zero-order chi connectivity index (χ0) is 21.4. The SMILES string of the molecule is C[Si](C)(C)c1cccc(Oc2c(P)cccc2-c2cccc([Si](C)(C)C)c2O)c1. The van der Waals surface area contributed by atoms with Crippen molar-refractivity contribution in [2.45, 2.75) is 39.3 Å². The number of phenolic OH excluding ortho intramolecular Hbond substituents is 1. The molecule has 0 aromatic heterocycles. The van der Waals surface area contributed by atoms with Crippen LogP contribution in [0.15, 0.2) is 60.7 Å². The Morgan fingerprint density at radius 3 is 2.03 bits per heavy atom. The van der Waals surface area contributed by atoms with E-state index in [2.05, 4.69) is 66.7 Å². The van der Waals surface area contributed by atoms with Gasteiger partial charge in [-0.1, -0.05) is 93.0 Å². The maximum absolute atomic E-state index is 11.1. The molecule has 1 atom stereocenters. The second-order valence-corrected chi connectivity index (χ2v) is 20.3. The third-order valence-electron chi connectivity index (χ3n) is 5.10. The second kappa shape index (κ2) is 8.10. The summed E-state index contributed by atoms with van der Waals surface area (Å²) < 4.78 is 6.41. The molecule has 0 fully saturated rings. The standard InChI is InChI=1S/C24H31O2PSi2/c1-28(2,3)18-11-7-10-17(16-18)26-24-20(13-8-14-21(24)27)19-12-9-15-22(23(19)25)29(4,5)6/h7-16,25H,27H2,1-6H3. The van der Waals surface area contributed by atoms with Gasteiger partial charge in [0, 0.05) is 16.4 Å². The maximum atomic E-state index is 11.1. The van der Waals surface area contributed by atoms with Crippen LogP contribution in [-0.2, 0) is 0 Å². The summed E-state index contributed by atoms with van der Waals surface area (Å²) in [5.74, 6) is 1.98. The molecule has 0 heterocycles. The molecule has 1 unspecified atom stereocenters.